The molecule has 1 aliphatic heterocycles. The highest BCUT2D eigenvalue weighted by atomic mass is 16.6. The quantitative estimate of drug-likeness (QED) is 0.261. The van der Waals surface area contributed by atoms with Crippen LogP contribution < -0.4 is 15.5 Å². The molecule has 0 spiro atoms. The average Bonchev–Trinajstić information content (AvgIpc) is 2.92. The standard InChI is InChI=1S/C28H29N5O4/c1-20-12-15-32(16-13-20)26-10-7-23(17-25(26)28(35)30-19-22-3-2-14-29-18-22)31-27(34)11-6-21-4-8-24(9-5-21)33(36)37/h2-11,14,17-18,20H,12-13,15-16,19H2,1H3,(H,30,35)(H,31,34)/b11-6+. The normalized spacial score (nSPS) is 13.9. The maximum absolute atomic E-state index is 13.2. The first-order chi connectivity index (χ1) is 17.9. The molecule has 0 unspecified atom stereocenters. The number of piperidine rings is 1. The highest BCUT2D eigenvalue weighted by Crippen LogP contribution is 2.29. The second-order valence-corrected chi connectivity index (χ2v) is 9.12. The predicted molar refractivity (Wildman–Crippen MR) is 143 cm³/mol. The fourth-order valence-electron chi connectivity index (χ4n) is 4.16. The minimum atomic E-state index is -0.473. The summed E-state index contributed by atoms with van der Waals surface area (Å²) in [5.41, 5.74) is 3.37. The summed E-state index contributed by atoms with van der Waals surface area (Å²) >= 11 is 0. The second kappa shape index (κ2) is 11.9. The van der Waals surface area contributed by atoms with E-state index < -0.39 is 4.92 Å². The van der Waals surface area contributed by atoms with Gasteiger partial charge in [-0.2, -0.15) is 0 Å². The van der Waals surface area contributed by atoms with Crippen molar-refractivity contribution in [3.05, 3.63) is 99.9 Å². The molecule has 2 heterocycles. The number of pyridine rings is 1. The van der Waals surface area contributed by atoms with Crippen molar-refractivity contribution in [1.29, 1.82) is 0 Å². The van der Waals surface area contributed by atoms with E-state index in [9.17, 15) is 19.7 Å². The lowest BCUT2D eigenvalue weighted by atomic mass is 9.97. The van der Waals surface area contributed by atoms with Gasteiger partial charge < -0.3 is 15.5 Å². The molecule has 1 aromatic heterocycles. The number of anilines is 2. The zero-order valence-corrected chi connectivity index (χ0v) is 20.6. The molecule has 0 saturated carbocycles. The van der Waals surface area contributed by atoms with Gasteiger partial charge in [-0.3, -0.25) is 24.7 Å². The number of amides is 2. The molecule has 2 N–H and O–H groups in total. The second-order valence-electron chi connectivity index (χ2n) is 9.12. The van der Waals surface area contributed by atoms with E-state index in [1.54, 1.807) is 42.7 Å². The summed E-state index contributed by atoms with van der Waals surface area (Å²) in [6.07, 6.45) is 8.43. The molecular weight excluding hydrogens is 470 g/mol. The van der Waals surface area contributed by atoms with Crippen molar-refractivity contribution < 1.29 is 14.5 Å². The monoisotopic (exact) mass is 499 g/mol. The highest BCUT2D eigenvalue weighted by molar-refractivity contribution is 6.05. The van der Waals surface area contributed by atoms with Gasteiger partial charge in [-0.25, -0.2) is 0 Å². The Morgan fingerprint density at radius 2 is 1.89 bits per heavy atom. The van der Waals surface area contributed by atoms with Crippen LogP contribution in [0.5, 0.6) is 0 Å². The SMILES string of the molecule is CC1CCN(c2ccc(NC(=O)/C=C/c3ccc([N+](=O)[O-])cc3)cc2C(=O)NCc2cccnc2)CC1. The Hall–Kier alpha value is -4.53. The summed E-state index contributed by atoms with van der Waals surface area (Å²) in [7, 11) is 0. The first kappa shape index (κ1) is 25.6. The number of rotatable bonds is 8. The van der Waals surface area contributed by atoms with Gasteiger partial charge in [0.1, 0.15) is 0 Å². The Balaban J connectivity index is 1.49. The molecule has 2 amide bonds. The topological polar surface area (TPSA) is 117 Å². The number of nitrogens with zero attached hydrogens (tertiary/aromatic N) is 3. The molecule has 190 valence electrons. The molecule has 3 aromatic rings. The van der Waals surface area contributed by atoms with E-state index in [-0.39, 0.29) is 17.5 Å². The zero-order valence-electron chi connectivity index (χ0n) is 20.6. The Morgan fingerprint density at radius 1 is 1.14 bits per heavy atom. The minimum absolute atomic E-state index is 0.0146. The van der Waals surface area contributed by atoms with E-state index in [1.165, 1.54) is 18.2 Å². The summed E-state index contributed by atoms with van der Waals surface area (Å²) < 4.78 is 0. The van der Waals surface area contributed by atoms with Crippen molar-refractivity contribution in [1.82, 2.24) is 10.3 Å². The fourth-order valence-corrected chi connectivity index (χ4v) is 4.16. The van der Waals surface area contributed by atoms with Crippen molar-refractivity contribution in [3.63, 3.8) is 0 Å². The largest absolute Gasteiger partial charge is 0.371 e. The maximum atomic E-state index is 13.2. The van der Waals surface area contributed by atoms with E-state index in [1.807, 2.05) is 18.2 Å². The molecule has 0 atom stereocenters. The third-order valence-corrected chi connectivity index (χ3v) is 6.34. The molecule has 0 bridgehead atoms. The minimum Gasteiger partial charge on any atom is -0.371 e. The number of benzene rings is 2. The van der Waals surface area contributed by atoms with Crippen LogP contribution in [0.15, 0.2) is 73.1 Å². The number of hydrogen-bond donors (Lipinski definition) is 2. The van der Waals surface area contributed by atoms with Gasteiger partial charge in [0.15, 0.2) is 0 Å². The van der Waals surface area contributed by atoms with Gasteiger partial charge in [-0.15, -0.1) is 0 Å². The molecule has 9 heteroatoms. The molecule has 2 aromatic carbocycles. The lowest BCUT2D eigenvalue weighted by molar-refractivity contribution is -0.384. The number of nitro benzene ring substituents is 1. The highest BCUT2D eigenvalue weighted by Gasteiger charge is 2.22. The fraction of sp³-hybridized carbons (Fsp3) is 0.250. The van der Waals surface area contributed by atoms with Crippen LogP contribution in [0.2, 0.25) is 0 Å². The number of nitrogens with one attached hydrogen (secondary N) is 2. The maximum Gasteiger partial charge on any atom is 0.269 e. The Kier molecular flexibility index (Phi) is 8.25. The average molecular weight is 500 g/mol. The first-order valence-corrected chi connectivity index (χ1v) is 12.2. The van der Waals surface area contributed by atoms with Gasteiger partial charge in [-0.1, -0.05) is 13.0 Å². The molecule has 1 fully saturated rings. The van der Waals surface area contributed by atoms with Crippen LogP contribution in [0, 0.1) is 16.0 Å². The van der Waals surface area contributed by atoms with Crippen molar-refractivity contribution in [2.45, 2.75) is 26.3 Å². The zero-order chi connectivity index (χ0) is 26.2. The smallest absolute Gasteiger partial charge is 0.269 e. The Morgan fingerprint density at radius 3 is 2.57 bits per heavy atom. The number of aromatic nitrogens is 1. The van der Waals surface area contributed by atoms with Gasteiger partial charge in [0, 0.05) is 61.6 Å². The number of nitro groups is 1. The van der Waals surface area contributed by atoms with Crippen LogP contribution in [0.25, 0.3) is 6.08 Å². The van der Waals surface area contributed by atoms with Crippen LogP contribution in [0.3, 0.4) is 0 Å². The van der Waals surface area contributed by atoms with E-state index in [0.717, 1.165) is 37.2 Å². The van der Waals surface area contributed by atoms with E-state index in [4.69, 9.17) is 0 Å². The van der Waals surface area contributed by atoms with Crippen molar-refractivity contribution in [2.24, 2.45) is 5.92 Å². The summed E-state index contributed by atoms with van der Waals surface area (Å²) in [5.74, 6) is 0.0508. The third-order valence-electron chi connectivity index (χ3n) is 6.34. The number of hydrogen-bond acceptors (Lipinski definition) is 6. The van der Waals surface area contributed by atoms with Crippen molar-refractivity contribution in [2.75, 3.05) is 23.3 Å². The molecule has 0 aliphatic carbocycles. The third kappa shape index (κ3) is 7.00. The van der Waals surface area contributed by atoms with Gasteiger partial charge >= 0.3 is 0 Å². The molecule has 1 aliphatic rings. The number of non-ortho nitro benzene ring substituents is 1. The van der Waals surface area contributed by atoms with E-state index >= 15 is 0 Å². The lowest BCUT2D eigenvalue weighted by Gasteiger charge is -2.33. The molecule has 4 rings (SSSR count). The van der Waals surface area contributed by atoms with Gasteiger partial charge in [0.05, 0.1) is 10.5 Å². The van der Waals surface area contributed by atoms with Crippen LogP contribution in [0.4, 0.5) is 17.1 Å². The molecule has 37 heavy (non-hydrogen) atoms. The summed E-state index contributed by atoms with van der Waals surface area (Å²) in [5, 5.41) is 16.6. The van der Waals surface area contributed by atoms with Gasteiger partial charge in [0.25, 0.3) is 11.6 Å². The predicted octanol–water partition coefficient (Wildman–Crippen LogP) is 4.81. The van der Waals surface area contributed by atoms with Crippen LogP contribution in [-0.4, -0.2) is 34.8 Å². The number of carbonyl (C=O) groups excluding carboxylic acids is 2. The summed E-state index contributed by atoms with van der Waals surface area (Å²) in [6, 6.07) is 15.0. The first-order valence-electron chi connectivity index (χ1n) is 12.2. The molecule has 9 nitrogen and oxygen atoms in total. The Bertz CT molecular complexity index is 1280. The van der Waals surface area contributed by atoms with Crippen LogP contribution >= 0.6 is 0 Å². The summed E-state index contributed by atoms with van der Waals surface area (Å²) in [6.45, 7) is 4.32. The molecular formula is C28H29N5O4. The molecule has 0 radical (unpaired) electrons. The lowest BCUT2D eigenvalue weighted by Crippen LogP contribution is -2.35. The summed E-state index contributed by atoms with van der Waals surface area (Å²) in [4.78, 5) is 42.4. The van der Waals surface area contributed by atoms with Crippen LogP contribution in [0.1, 0.15) is 41.3 Å². The van der Waals surface area contributed by atoms with Gasteiger partial charge in [-0.05, 0) is 72.4 Å². The van der Waals surface area contributed by atoms with Crippen LogP contribution in [-0.2, 0) is 11.3 Å². The molecule has 1 saturated heterocycles. The van der Waals surface area contributed by atoms with E-state index in [0.29, 0.717) is 29.3 Å². The van der Waals surface area contributed by atoms with Crippen molar-refractivity contribution >= 4 is 35.0 Å². The van der Waals surface area contributed by atoms with Crippen molar-refractivity contribution in [3.8, 4) is 0 Å². The Labute approximate surface area is 215 Å². The van der Waals surface area contributed by atoms with E-state index in [2.05, 4.69) is 27.4 Å². The number of carbonyl (C=O) groups is 2. The van der Waals surface area contributed by atoms with Gasteiger partial charge in [0.2, 0.25) is 5.91 Å².